The van der Waals surface area contributed by atoms with Gasteiger partial charge in [0.1, 0.15) is 5.75 Å². The van der Waals surface area contributed by atoms with Crippen molar-refractivity contribution >= 4 is 41.8 Å². The van der Waals surface area contributed by atoms with Gasteiger partial charge < -0.3 is 25.6 Å². The molecule has 1 aliphatic rings. The van der Waals surface area contributed by atoms with Gasteiger partial charge in [-0.3, -0.25) is 14.6 Å². The van der Waals surface area contributed by atoms with E-state index in [-0.39, 0.29) is 41.2 Å². The maximum Gasteiger partial charge on any atom is 0.251 e. The largest absolute Gasteiger partial charge is 0.497 e. The lowest BCUT2D eigenvalue weighted by Gasteiger charge is -2.31. The zero-order valence-electron chi connectivity index (χ0n) is 18.3. The fourth-order valence-electron chi connectivity index (χ4n) is 3.69. The second kappa shape index (κ2) is 12.6. The summed E-state index contributed by atoms with van der Waals surface area (Å²) in [6.45, 7) is 1.52. The van der Waals surface area contributed by atoms with E-state index in [9.17, 15) is 9.59 Å². The maximum atomic E-state index is 12.7. The summed E-state index contributed by atoms with van der Waals surface area (Å²) in [5, 5.41) is 9.33. The van der Waals surface area contributed by atoms with Crippen LogP contribution in [0.5, 0.6) is 5.75 Å². The van der Waals surface area contributed by atoms with Crippen LogP contribution in [0, 0.1) is 5.41 Å². The molecular weight excluding hydrogens is 497 g/mol. The fourth-order valence-corrected chi connectivity index (χ4v) is 3.69. The topological polar surface area (TPSA) is 95.1 Å². The summed E-state index contributed by atoms with van der Waals surface area (Å²) in [7, 11) is 6.88. The Hall–Kier alpha value is -2.04. The molecule has 3 N–H and O–H groups in total. The molecule has 1 aromatic carbocycles. The first-order chi connectivity index (χ1) is 13.9. The smallest absolute Gasteiger partial charge is 0.251 e. The van der Waals surface area contributed by atoms with Gasteiger partial charge >= 0.3 is 0 Å². The standard InChI is InChI=1S/C21H33N5O3.HI/c1-22-20(25-15-21(10-5-6-11-21)19(28)26(2)3)24-13-12-23-18(27)16-8-7-9-17(14-16)29-4;/h7-9,14H,5-6,10-13,15H2,1-4H3,(H,23,27)(H2,22,24,25);1H. The minimum Gasteiger partial charge on any atom is -0.497 e. The molecule has 0 spiro atoms. The van der Waals surface area contributed by atoms with Crippen LogP contribution < -0.4 is 20.7 Å². The van der Waals surface area contributed by atoms with E-state index in [1.54, 1.807) is 57.4 Å². The molecule has 30 heavy (non-hydrogen) atoms. The van der Waals surface area contributed by atoms with E-state index in [2.05, 4.69) is 20.9 Å². The number of hydrogen-bond donors (Lipinski definition) is 3. The first-order valence-corrected chi connectivity index (χ1v) is 10.0. The van der Waals surface area contributed by atoms with Gasteiger partial charge in [-0.2, -0.15) is 0 Å². The molecule has 1 aliphatic carbocycles. The van der Waals surface area contributed by atoms with Gasteiger partial charge in [-0.05, 0) is 31.0 Å². The van der Waals surface area contributed by atoms with Crippen LogP contribution in [-0.2, 0) is 4.79 Å². The van der Waals surface area contributed by atoms with Crippen LogP contribution in [0.2, 0.25) is 0 Å². The minimum atomic E-state index is -0.359. The number of aliphatic imine (C=N–C) groups is 1. The molecule has 9 heteroatoms. The van der Waals surface area contributed by atoms with Crippen molar-refractivity contribution in [3.63, 3.8) is 0 Å². The van der Waals surface area contributed by atoms with Crippen molar-refractivity contribution < 1.29 is 14.3 Å². The third-order valence-electron chi connectivity index (χ3n) is 5.27. The highest BCUT2D eigenvalue weighted by Gasteiger charge is 2.42. The zero-order chi connectivity index (χ0) is 21.3. The van der Waals surface area contributed by atoms with Crippen molar-refractivity contribution in [1.82, 2.24) is 20.9 Å². The summed E-state index contributed by atoms with van der Waals surface area (Å²) < 4.78 is 5.14. The van der Waals surface area contributed by atoms with Crippen LogP contribution in [0.1, 0.15) is 36.0 Å². The van der Waals surface area contributed by atoms with Crippen LogP contribution in [0.3, 0.4) is 0 Å². The Labute approximate surface area is 196 Å². The molecule has 0 atom stereocenters. The monoisotopic (exact) mass is 531 g/mol. The summed E-state index contributed by atoms with van der Waals surface area (Å²) in [5.74, 6) is 1.28. The van der Waals surface area contributed by atoms with Gasteiger partial charge in [0.05, 0.1) is 12.5 Å². The van der Waals surface area contributed by atoms with Crippen molar-refractivity contribution in [3.8, 4) is 5.75 Å². The quantitative estimate of drug-likeness (QED) is 0.206. The lowest BCUT2D eigenvalue weighted by molar-refractivity contribution is -0.138. The van der Waals surface area contributed by atoms with Crippen LogP contribution in [0.4, 0.5) is 0 Å². The van der Waals surface area contributed by atoms with Crippen LogP contribution >= 0.6 is 24.0 Å². The Kier molecular flexibility index (Phi) is 10.9. The Balaban J connectivity index is 0.00000450. The number of carbonyl (C=O) groups excluding carboxylic acids is 2. The second-order valence-corrected chi connectivity index (χ2v) is 7.53. The molecule has 0 heterocycles. The SMILES string of the molecule is CN=C(NCCNC(=O)c1cccc(OC)c1)NCC1(C(=O)N(C)C)CCCC1.I. The summed E-state index contributed by atoms with van der Waals surface area (Å²) in [6, 6.07) is 7.03. The second-order valence-electron chi connectivity index (χ2n) is 7.53. The molecule has 2 amide bonds. The van der Waals surface area contributed by atoms with E-state index in [1.807, 2.05) is 0 Å². The maximum absolute atomic E-state index is 12.7. The molecule has 168 valence electrons. The number of benzene rings is 1. The highest BCUT2D eigenvalue weighted by molar-refractivity contribution is 14.0. The van der Waals surface area contributed by atoms with Gasteiger partial charge in [0.15, 0.2) is 5.96 Å². The molecule has 2 rings (SSSR count). The zero-order valence-corrected chi connectivity index (χ0v) is 20.6. The average molecular weight is 531 g/mol. The van der Waals surface area contributed by atoms with Gasteiger partial charge in [0.2, 0.25) is 5.91 Å². The molecule has 0 unspecified atom stereocenters. The Morgan fingerprint density at radius 1 is 1.13 bits per heavy atom. The summed E-state index contributed by atoms with van der Waals surface area (Å²) in [6.07, 6.45) is 3.93. The number of amides is 2. The van der Waals surface area contributed by atoms with Crippen molar-refractivity contribution in [2.75, 3.05) is 47.9 Å². The van der Waals surface area contributed by atoms with E-state index in [0.29, 0.717) is 36.9 Å². The molecule has 0 radical (unpaired) electrons. The fraction of sp³-hybridized carbons (Fsp3) is 0.571. The average Bonchev–Trinajstić information content (AvgIpc) is 3.22. The summed E-state index contributed by atoms with van der Waals surface area (Å²) in [5.41, 5.74) is 0.194. The summed E-state index contributed by atoms with van der Waals surface area (Å²) >= 11 is 0. The molecule has 0 bridgehead atoms. The predicted molar refractivity (Wildman–Crippen MR) is 130 cm³/mol. The van der Waals surface area contributed by atoms with Gasteiger partial charge in [-0.1, -0.05) is 18.9 Å². The van der Waals surface area contributed by atoms with Gasteiger partial charge in [-0.15, -0.1) is 24.0 Å². The van der Waals surface area contributed by atoms with E-state index in [0.717, 1.165) is 25.7 Å². The van der Waals surface area contributed by atoms with Crippen LogP contribution in [0.25, 0.3) is 0 Å². The molecule has 0 saturated heterocycles. The molecule has 1 fully saturated rings. The number of guanidine groups is 1. The highest BCUT2D eigenvalue weighted by atomic mass is 127. The van der Waals surface area contributed by atoms with Gasteiger partial charge in [-0.25, -0.2) is 0 Å². The Bertz CT molecular complexity index is 733. The Morgan fingerprint density at radius 3 is 2.40 bits per heavy atom. The predicted octanol–water partition coefficient (Wildman–Crippen LogP) is 1.86. The third-order valence-corrected chi connectivity index (χ3v) is 5.27. The minimum absolute atomic E-state index is 0. The number of rotatable bonds is 8. The molecule has 1 aromatic rings. The van der Waals surface area contributed by atoms with E-state index in [1.165, 1.54) is 0 Å². The molecule has 1 saturated carbocycles. The lowest BCUT2D eigenvalue weighted by Crippen LogP contribution is -2.50. The Morgan fingerprint density at radius 2 is 1.80 bits per heavy atom. The molecule has 0 aromatic heterocycles. The number of methoxy groups -OCH3 is 1. The summed E-state index contributed by atoms with van der Waals surface area (Å²) in [4.78, 5) is 30.8. The third kappa shape index (κ3) is 7.03. The van der Waals surface area contributed by atoms with Crippen LogP contribution in [-0.4, -0.2) is 70.6 Å². The van der Waals surface area contributed by atoms with Crippen molar-refractivity contribution in [2.24, 2.45) is 10.4 Å². The first-order valence-electron chi connectivity index (χ1n) is 10.0. The number of ether oxygens (including phenoxy) is 1. The molecule has 8 nitrogen and oxygen atoms in total. The van der Waals surface area contributed by atoms with Crippen molar-refractivity contribution in [3.05, 3.63) is 29.8 Å². The van der Waals surface area contributed by atoms with Crippen molar-refractivity contribution in [2.45, 2.75) is 25.7 Å². The normalized spacial score (nSPS) is 15.0. The number of nitrogens with one attached hydrogen (secondary N) is 3. The number of halogens is 1. The lowest BCUT2D eigenvalue weighted by atomic mass is 9.84. The van der Waals surface area contributed by atoms with Gasteiger partial charge in [0, 0.05) is 46.3 Å². The van der Waals surface area contributed by atoms with E-state index >= 15 is 0 Å². The van der Waals surface area contributed by atoms with E-state index in [4.69, 9.17) is 4.74 Å². The highest BCUT2D eigenvalue weighted by Crippen LogP contribution is 2.38. The first kappa shape index (κ1) is 26.0. The van der Waals surface area contributed by atoms with Crippen LogP contribution in [0.15, 0.2) is 29.3 Å². The number of nitrogens with zero attached hydrogens (tertiary/aromatic N) is 2. The number of hydrogen-bond acceptors (Lipinski definition) is 4. The molecular formula is C21H34IN5O3. The van der Waals surface area contributed by atoms with E-state index < -0.39 is 0 Å². The molecule has 0 aliphatic heterocycles. The number of carbonyl (C=O) groups is 2. The van der Waals surface area contributed by atoms with Gasteiger partial charge in [0.25, 0.3) is 5.91 Å². The van der Waals surface area contributed by atoms with Crippen molar-refractivity contribution in [1.29, 1.82) is 0 Å².